The third kappa shape index (κ3) is 5.95. The zero-order valence-electron chi connectivity index (χ0n) is 15.9. The predicted molar refractivity (Wildman–Crippen MR) is 116 cm³/mol. The summed E-state index contributed by atoms with van der Waals surface area (Å²) in [7, 11) is 1.99. The molecule has 0 fully saturated rings. The number of aromatic nitrogens is 3. The molecule has 8 heteroatoms. The van der Waals surface area contributed by atoms with Gasteiger partial charge in [-0.1, -0.05) is 0 Å². The van der Waals surface area contributed by atoms with Crippen molar-refractivity contribution in [2.75, 3.05) is 13.1 Å². The number of aliphatic imine (C=N–C) groups is 1. The summed E-state index contributed by atoms with van der Waals surface area (Å²) in [6.45, 7) is 12.7. The minimum Gasteiger partial charge on any atom is -0.357 e. The number of aryl methyl sites for hydroxylation is 4. The highest BCUT2D eigenvalue weighted by Gasteiger charge is 2.09. The average molecular weight is 476 g/mol. The van der Waals surface area contributed by atoms with Gasteiger partial charge in [-0.05, 0) is 46.6 Å². The number of guanidine groups is 1. The Morgan fingerprint density at radius 2 is 1.88 bits per heavy atom. The van der Waals surface area contributed by atoms with Crippen LogP contribution in [0.5, 0.6) is 0 Å². The number of nitrogens with zero attached hydrogens (tertiary/aromatic N) is 4. The van der Waals surface area contributed by atoms with Gasteiger partial charge in [-0.15, -0.1) is 35.3 Å². The van der Waals surface area contributed by atoms with Gasteiger partial charge in [0.15, 0.2) is 5.96 Å². The second-order valence-corrected chi connectivity index (χ2v) is 7.18. The Morgan fingerprint density at radius 3 is 2.40 bits per heavy atom. The van der Waals surface area contributed by atoms with E-state index in [4.69, 9.17) is 0 Å². The number of halogens is 1. The molecule has 140 valence electrons. The molecule has 0 radical (unpaired) electrons. The molecule has 0 aliphatic carbocycles. The van der Waals surface area contributed by atoms with E-state index < -0.39 is 0 Å². The van der Waals surface area contributed by atoms with Gasteiger partial charge < -0.3 is 10.6 Å². The fourth-order valence-electron chi connectivity index (χ4n) is 2.58. The van der Waals surface area contributed by atoms with Crippen LogP contribution in [0.3, 0.4) is 0 Å². The molecular formula is C17H29IN6S. The van der Waals surface area contributed by atoms with Crippen molar-refractivity contribution in [3.63, 3.8) is 0 Å². The van der Waals surface area contributed by atoms with Gasteiger partial charge in [0, 0.05) is 30.7 Å². The summed E-state index contributed by atoms with van der Waals surface area (Å²) in [5.74, 6) is 0.835. The molecule has 0 amide bonds. The smallest absolute Gasteiger partial charge is 0.191 e. The van der Waals surface area contributed by atoms with Crippen LogP contribution in [0.4, 0.5) is 0 Å². The van der Waals surface area contributed by atoms with Gasteiger partial charge in [-0.25, -0.2) is 9.98 Å². The van der Waals surface area contributed by atoms with Crippen LogP contribution in [0.1, 0.15) is 39.5 Å². The van der Waals surface area contributed by atoms with Crippen molar-refractivity contribution in [1.29, 1.82) is 0 Å². The van der Waals surface area contributed by atoms with Crippen molar-refractivity contribution in [3.05, 3.63) is 32.5 Å². The van der Waals surface area contributed by atoms with Crippen molar-refractivity contribution in [2.45, 2.75) is 47.6 Å². The first-order chi connectivity index (χ1) is 11.4. The van der Waals surface area contributed by atoms with Crippen LogP contribution in [0.2, 0.25) is 0 Å². The van der Waals surface area contributed by atoms with E-state index in [1.807, 2.05) is 18.7 Å². The van der Waals surface area contributed by atoms with Crippen LogP contribution in [-0.4, -0.2) is 33.8 Å². The molecule has 2 aromatic rings. The highest BCUT2D eigenvalue weighted by molar-refractivity contribution is 14.0. The first kappa shape index (κ1) is 21.9. The number of nitrogens with one attached hydrogen (secondary N) is 2. The minimum atomic E-state index is 0. The van der Waals surface area contributed by atoms with E-state index >= 15 is 0 Å². The van der Waals surface area contributed by atoms with Gasteiger partial charge in [0.25, 0.3) is 0 Å². The summed E-state index contributed by atoms with van der Waals surface area (Å²) < 4.78 is 1.94. The van der Waals surface area contributed by atoms with Crippen LogP contribution in [0, 0.1) is 27.7 Å². The minimum absolute atomic E-state index is 0. The number of hydrogen-bond donors (Lipinski definition) is 2. The van der Waals surface area contributed by atoms with Crippen LogP contribution < -0.4 is 10.6 Å². The van der Waals surface area contributed by atoms with Gasteiger partial charge in [-0.2, -0.15) is 5.10 Å². The average Bonchev–Trinajstić information content (AvgIpc) is 2.97. The maximum absolute atomic E-state index is 4.64. The lowest BCUT2D eigenvalue weighted by molar-refractivity contribution is 0.729. The lowest BCUT2D eigenvalue weighted by Crippen LogP contribution is -2.38. The van der Waals surface area contributed by atoms with Crippen LogP contribution in [0.25, 0.3) is 0 Å². The molecule has 25 heavy (non-hydrogen) atoms. The Kier molecular flexibility index (Phi) is 8.84. The fraction of sp³-hybridized carbons (Fsp3) is 0.588. The quantitative estimate of drug-likeness (QED) is 0.382. The number of hydrogen-bond acceptors (Lipinski definition) is 4. The van der Waals surface area contributed by atoms with E-state index in [2.05, 4.69) is 53.4 Å². The van der Waals surface area contributed by atoms with Gasteiger partial charge >= 0.3 is 0 Å². The second kappa shape index (κ2) is 10.1. The number of thiazole rings is 1. The monoisotopic (exact) mass is 476 g/mol. The summed E-state index contributed by atoms with van der Waals surface area (Å²) in [5, 5.41) is 12.2. The Labute approximate surface area is 171 Å². The normalized spacial score (nSPS) is 11.4. The van der Waals surface area contributed by atoms with Gasteiger partial charge in [0.2, 0.25) is 0 Å². The Hall–Kier alpha value is -1.16. The van der Waals surface area contributed by atoms with E-state index in [0.717, 1.165) is 41.9 Å². The summed E-state index contributed by atoms with van der Waals surface area (Å²) in [4.78, 5) is 10.4. The molecule has 0 bridgehead atoms. The Morgan fingerprint density at radius 1 is 1.16 bits per heavy atom. The molecule has 6 nitrogen and oxygen atoms in total. The van der Waals surface area contributed by atoms with Crippen molar-refractivity contribution in [2.24, 2.45) is 12.0 Å². The summed E-state index contributed by atoms with van der Waals surface area (Å²) >= 11 is 1.72. The third-order valence-electron chi connectivity index (χ3n) is 4.12. The van der Waals surface area contributed by atoms with Crippen LogP contribution in [-0.2, 0) is 20.0 Å². The molecule has 2 aromatic heterocycles. The molecule has 2 N–H and O–H groups in total. The molecule has 0 aromatic carbocycles. The zero-order valence-corrected chi connectivity index (χ0v) is 19.1. The molecule has 2 rings (SSSR count). The van der Waals surface area contributed by atoms with Crippen molar-refractivity contribution in [1.82, 2.24) is 25.4 Å². The molecule has 0 spiro atoms. The zero-order chi connectivity index (χ0) is 17.7. The van der Waals surface area contributed by atoms with Crippen molar-refractivity contribution in [3.8, 4) is 0 Å². The summed E-state index contributed by atoms with van der Waals surface area (Å²) in [6, 6.07) is 0. The molecule has 2 heterocycles. The largest absolute Gasteiger partial charge is 0.357 e. The van der Waals surface area contributed by atoms with E-state index in [-0.39, 0.29) is 24.0 Å². The molecule has 0 atom stereocenters. The van der Waals surface area contributed by atoms with Gasteiger partial charge in [0.05, 0.1) is 17.9 Å². The fourth-order valence-corrected chi connectivity index (χ4v) is 3.44. The highest BCUT2D eigenvalue weighted by atomic mass is 127. The maximum atomic E-state index is 4.64. The van der Waals surface area contributed by atoms with Crippen LogP contribution in [0.15, 0.2) is 4.99 Å². The summed E-state index contributed by atoms with van der Waals surface area (Å²) in [5.41, 5.74) is 4.75. The second-order valence-electron chi connectivity index (χ2n) is 5.89. The third-order valence-corrected chi connectivity index (χ3v) is 5.17. The van der Waals surface area contributed by atoms with Crippen LogP contribution >= 0.6 is 35.3 Å². The van der Waals surface area contributed by atoms with Crippen molar-refractivity contribution >= 4 is 41.3 Å². The van der Waals surface area contributed by atoms with E-state index in [1.54, 1.807) is 11.3 Å². The molecule has 0 saturated carbocycles. The predicted octanol–water partition coefficient (Wildman–Crippen LogP) is 3.03. The SMILES string of the molecule is CCNC(=NCc1nc(C)c(C)s1)NCCc1c(C)nn(C)c1C.I. The molecule has 0 aliphatic heterocycles. The standard InChI is InChI=1S/C17H28N6S.HI/c1-7-18-17(20-10-16-21-11(2)14(5)24-16)19-9-8-15-12(3)22-23(6)13(15)4;/h7-10H2,1-6H3,(H2,18,19,20);1H. The first-order valence-electron chi connectivity index (χ1n) is 8.36. The lowest BCUT2D eigenvalue weighted by Gasteiger charge is -2.11. The molecule has 0 saturated heterocycles. The highest BCUT2D eigenvalue weighted by Crippen LogP contribution is 2.17. The first-order valence-corrected chi connectivity index (χ1v) is 9.18. The lowest BCUT2D eigenvalue weighted by atomic mass is 10.1. The molecular weight excluding hydrogens is 447 g/mol. The number of rotatable bonds is 6. The molecule has 0 aliphatic rings. The van der Waals surface area contributed by atoms with Crippen molar-refractivity contribution < 1.29 is 0 Å². The maximum Gasteiger partial charge on any atom is 0.191 e. The van der Waals surface area contributed by atoms with Gasteiger partial charge in [-0.3, -0.25) is 4.68 Å². The van der Waals surface area contributed by atoms with Gasteiger partial charge in [0.1, 0.15) is 5.01 Å². The topological polar surface area (TPSA) is 67.1 Å². The van der Waals surface area contributed by atoms with E-state index in [0.29, 0.717) is 6.54 Å². The van der Waals surface area contributed by atoms with E-state index in [9.17, 15) is 0 Å². The van der Waals surface area contributed by atoms with E-state index in [1.165, 1.54) is 16.1 Å². The Balaban J connectivity index is 0.00000312. The summed E-state index contributed by atoms with van der Waals surface area (Å²) in [6.07, 6.45) is 0.936. The Bertz CT molecular complexity index is 700. The molecule has 0 unspecified atom stereocenters.